The second-order valence-electron chi connectivity index (χ2n) is 6.66. The van der Waals surface area contributed by atoms with Gasteiger partial charge in [0, 0.05) is 18.2 Å². The zero-order valence-electron chi connectivity index (χ0n) is 16.6. The summed E-state index contributed by atoms with van der Waals surface area (Å²) in [5.41, 5.74) is 1.94. The monoisotopic (exact) mass is 419 g/mol. The van der Waals surface area contributed by atoms with Gasteiger partial charge in [0.25, 0.3) is 11.6 Å². The predicted molar refractivity (Wildman–Crippen MR) is 115 cm³/mol. The summed E-state index contributed by atoms with van der Waals surface area (Å²) < 4.78 is 5.10. The van der Waals surface area contributed by atoms with Crippen molar-refractivity contribution in [2.45, 2.75) is 13.2 Å². The fraction of sp³-hybridized carbons (Fsp3) is 0.130. The number of nitrogens with zero attached hydrogens (tertiary/aromatic N) is 1. The Morgan fingerprint density at radius 1 is 0.903 bits per heavy atom. The second-order valence-corrected chi connectivity index (χ2v) is 6.66. The Hall–Kier alpha value is -4.20. The molecule has 158 valence electrons. The molecule has 0 saturated carbocycles. The third-order valence-corrected chi connectivity index (χ3v) is 4.42. The van der Waals surface area contributed by atoms with E-state index in [1.807, 2.05) is 60.7 Å². The first-order chi connectivity index (χ1) is 15.0. The Bertz CT molecular complexity index is 1060. The smallest absolute Gasteiger partial charge is 0.325 e. The van der Waals surface area contributed by atoms with Gasteiger partial charge in [-0.15, -0.1) is 0 Å². The third-order valence-electron chi connectivity index (χ3n) is 4.42. The highest BCUT2D eigenvalue weighted by atomic mass is 16.6. The molecule has 0 radical (unpaired) electrons. The van der Waals surface area contributed by atoms with Gasteiger partial charge in [-0.1, -0.05) is 60.7 Å². The molecule has 0 heterocycles. The van der Waals surface area contributed by atoms with E-state index in [4.69, 9.17) is 4.74 Å². The van der Waals surface area contributed by atoms with Crippen LogP contribution in [0.25, 0.3) is 0 Å². The lowest BCUT2D eigenvalue weighted by molar-refractivity contribution is -0.384. The lowest BCUT2D eigenvalue weighted by Crippen LogP contribution is -2.30. The van der Waals surface area contributed by atoms with Crippen LogP contribution in [0.5, 0.6) is 0 Å². The number of benzene rings is 3. The maximum atomic E-state index is 12.3. The van der Waals surface area contributed by atoms with Crippen LogP contribution in [0.4, 0.5) is 11.4 Å². The number of ether oxygens (including phenoxy) is 1. The minimum Gasteiger partial charge on any atom is -0.460 e. The van der Waals surface area contributed by atoms with Gasteiger partial charge >= 0.3 is 5.97 Å². The zero-order valence-corrected chi connectivity index (χ0v) is 16.6. The summed E-state index contributed by atoms with van der Waals surface area (Å²) in [5, 5.41) is 16.9. The van der Waals surface area contributed by atoms with E-state index < -0.39 is 16.8 Å². The van der Waals surface area contributed by atoms with Crippen molar-refractivity contribution in [3.8, 4) is 0 Å². The van der Waals surface area contributed by atoms with Gasteiger partial charge in [0.05, 0.1) is 4.92 Å². The lowest BCUT2D eigenvalue weighted by atomic mass is 10.1. The Labute approximate surface area is 179 Å². The van der Waals surface area contributed by atoms with E-state index in [-0.39, 0.29) is 24.4 Å². The van der Waals surface area contributed by atoms with E-state index in [0.29, 0.717) is 12.2 Å². The molecule has 0 aliphatic rings. The third kappa shape index (κ3) is 6.40. The minimum absolute atomic E-state index is 0.0767. The van der Waals surface area contributed by atoms with Crippen molar-refractivity contribution in [3.63, 3.8) is 0 Å². The first-order valence-corrected chi connectivity index (χ1v) is 9.57. The van der Waals surface area contributed by atoms with Crippen molar-refractivity contribution in [2.75, 3.05) is 11.9 Å². The van der Waals surface area contributed by atoms with Crippen molar-refractivity contribution in [1.82, 2.24) is 5.32 Å². The van der Waals surface area contributed by atoms with Crippen molar-refractivity contribution in [1.29, 1.82) is 0 Å². The van der Waals surface area contributed by atoms with Gasteiger partial charge in [-0.05, 0) is 23.3 Å². The fourth-order valence-corrected chi connectivity index (χ4v) is 2.81. The lowest BCUT2D eigenvalue weighted by Gasteiger charge is -2.10. The molecule has 0 unspecified atom stereocenters. The van der Waals surface area contributed by atoms with Crippen LogP contribution in [-0.2, 0) is 22.7 Å². The zero-order chi connectivity index (χ0) is 22.1. The van der Waals surface area contributed by atoms with Gasteiger partial charge in [0.15, 0.2) is 0 Å². The van der Waals surface area contributed by atoms with Crippen molar-refractivity contribution in [2.24, 2.45) is 0 Å². The van der Waals surface area contributed by atoms with Crippen LogP contribution >= 0.6 is 0 Å². The number of nitrogens with one attached hydrogen (secondary N) is 2. The molecule has 0 spiro atoms. The summed E-state index contributed by atoms with van der Waals surface area (Å²) in [6.07, 6.45) is 0. The Morgan fingerprint density at radius 2 is 1.55 bits per heavy atom. The SMILES string of the molecule is O=C(CNC(=O)c1ccc(NCc2ccccc2)c([N+](=O)[O-])c1)OCc1ccccc1. The van der Waals surface area contributed by atoms with Gasteiger partial charge in [-0.3, -0.25) is 19.7 Å². The molecule has 0 aliphatic carbocycles. The molecule has 3 aromatic rings. The van der Waals surface area contributed by atoms with Gasteiger partial charge in [-0.25, -0.2) is 0 Å². The molecule has 0 bridgehead atoms. The molecule has 31 heavy (non-hydrogen) atoms. The molecule has 8 nitrogen and oxygen atoms in total. The molecule has 0 aromatic heterocycles. The molecule has 0 saturated heterocycles. The van der Waals surface area contributed by atoms with E-state index >= 15 is 0 Å². The van der Waals surface area contributed by atoms with Gasteiger partial charge in [0.1, 0.15) is 18.8 Å². The van der Waals surface area contributed by atoms with Crippen LogP contribution < -0.4 is 10.6 Å². The molecule has 1 amide bonds. The average Bonchev–Trinajstić information content (AvgIpc) is 2.81. The maximum Gasteiger partial charge on any atom is 0.325 e. The van der Waals surface area contributed by atoms with Crippen LogP contribution in [0, 0.1) is 10.1 Å². The van der Waals surface area contributed by atoms with E-state index in [1.54, 1.807) is 0 Å². The number of hydrogen-bond acceptors (Lipinski definition) is 6. The van der Waals surface area contributed by atoms with Crippen molar-refractivity contribution >= 4 is 23.3 Å². The molecule has 0 atom stereocenters. The predicted octanol–water partition coefficient (Wildman–Crippen LogP) is 3.68. The highest BCUT2D eigenvalue weighted by molar-refractivity contribution is 5.97. The second kappa shape index (κ2) is 10.5. The van der Waals surface area contributed by atoms with Gasteiger partial charge < -0.3 is 15.4 Å². The topological polar surface area (TPSA) is 111 Å². The van der Waals surface area contributed by atoms with Gasteiger partial charge in [-0.2, -0.15) is 0 Å². The quantitative estimate of drug-likeness (QED) is 0.311. The summed E-state index contributed by atoms with van der Waals surface area (Å²) in [6.45, 7) is 0.163. The van der Waals surface area contributed by atoms with Gasteiger partial charge in [0.2, 0.25) is 0 Å². The van der Waals surface area contributed by atoms with Crippen LogP contribution in [-0.4, -0.2) is 23.3 Å². The first-order valence-electron chi connectivity index (χ1n) is 9.57. The Balaban J connectivity index is 1.57. The molecule has 0 aliphatic heterocycles. The minimum atomic E-state index is -0.604. The number of amides is 1. The summed E-state index contributed by atoms with van der Waals surface area (Å²) in [4.78, 5) is 35.1. The number of nitro benzene ring substituents is 1. The van der Waals surface area contributed by atoms with E-state index in [9.17, 15) is 19.7 Å². The highest BCUT2D eigenvalue weighted by Crippen LogP contribution is 2.26. The first kappa shape index (κ1) is 21.5. The molecule has 3 rings (SSSR count). The average molecular weight is 419 g/mol. The number of carbonyl (C=O) groups is 2. The molecule has 3 aromatic carbocycles. The number of carbonyl (C=O) groups excluding carboxylic acids is 2. The maximum absolute atomic E-state index is 12.3. The number of nitro groups is 1. The van der Waals surface area contributed by atoms with Crippen molar-refractivity contribution in [3.05, 3.63) is 106 Å². The summed E-state index contributed by atoms with van der Waals surface area (Å²) >= 11 is 0. The van der Waals surface area contributed by atoms with E-state index in [1.165, 1.54) is 18.2 Å². The summed E-state index contributed by atoms with van der Waals surface area (Å²) in [7, 11) is 0. The van der Waals surface area contributed by atoms with Crippen LogP contribution in [0.15, 0.2) is 78.9 Å². The van der Waals surface area contributed by atoms with Crippen LogP contribution in [0.3, 0.4) is 0 Å². The number of anilines is 1. The largest absolute Gasteiger partial charge is 0.460 e. The Morgan fingerprint density at radius 3 is 2.19 bits per heavy atom. The highest BCUT2D eigenvalue weighted by Gasteiger charge is 2.18. The van der Waals surface area contributed by atoms with Crippen LogP contribution in [0.2, 0.25) is 0 Å². The standard InChI is InChI=1S/C23H21N3O5/c27-22(31-16-18-9-5-2-6-10-18)15-25-23(28)19-11-12-20(21(13-19)26(29)30)24-14-17-7-3-1-4-8-17/h1-13,24H,14-16H2,(H,25,28). The fourth-order valence-electron chi connectivity index (χ4n) is 2.81. The molecular weight excluding hydrogens is 398 g/mol. The number of esters is 1. The normalized spacial score (nSPS) is 10.2. The number of hydrogen-bond donors (Lipinski definition) is 2. The Kier molecular flexibility index (Phi) is 7.31. The van der Waals surface area contributed by atoms with Crippen LogP contribution in [0.1, 0.15) is 21.5 Å². The van der Waals surface area contributed by atoms with E-state index in [0.717, 1.165) is 11.1 Å². The van der Waals surface area contributed by atoms with Crippen molar-refractivity contribution < 1.29 is 19.2 Å². The number of rotatable bonds is 9. The van der Waals surface area contributed by atoms with E-state index in [2.05, 4.69) is 10.6 Å². The molecular formula is C23H21N3O5. The molecule has 8 heteroatoms. The molecule has 2 N–H and O–H groups in total. The summed E-state index contributed by atoms with van der Waals surface area (Å²) in [5.74, 6) is -1.21. The summed E-state index contributed by atoms with van der Waals surface area (Å²) in [6, 6.07) is 22.7. The molecule has 0 fully saturated rings.